The van der Waals surface area contributed by atoms with E-state index < -0.39 is 0 Å². The fourth-order valence-electron chi connectivity index (χ4n) is 5.69. The molecule has 0 atom stereocenters. The number of hydrogen-bond donors (Lipinski definition) is 0. The van der Waals surface area contributed by atoms with Crippen LogP contribution in [0.1, 0.15) is 0 Å². The van der Waals surface area contributed by atoms with E-state index in [4.69, 9.17) is 9.40 Å². The monoisotopic (exact) mass is 486 g/mol. The molecule has 0 saturated heterocycles. The van der Waals surface area contributed by atoms with Crippen molar-refractivity contribution in [2.75, 3.05) is 0 Å². The number of nitrogens with zero attached hydrogens (tertiary/aromatic N) is 2. The number of pyridine rings is 1. The molecule has 0 aliphatic rings. The van der Waals surface area contributed by atoms with Crippen LogP contribution < -0.4 is 0 Å². The maximum absolute atomic E-state index is 6.41. The molecule has 0 N–H and O–H groups in total. The highest BCUT2D eigenvalue weighted by molar-refractivity contribution is 6.10. The summed E-state index contributed by atoms with van der Waals surface area (Å²) in [7, 11) is 0. The molecule has 178 valence electrons. The van der Waals surface area contributed by atoms with E-state index in [0.29, 0.717) is 0 Å². The molecule has 0 fully saturated rings. The number of rotatable bonds is 3. The summed E-state index contributed by atoms with van der Waals surface area (Å²) in [6.45, 7) is 0. The first kappa shape index (κ1) is 21.0. The minimum atomic E-state index is 0.861. The van der Waals surface area contributed by atoms with Crippen molar-refractivity contribution < 1.29 is 4.42 Å². The van der Waals surface area contributed by atoms with E-state index in [9.17, 15) is 0 Å². The molecule has 3 nitrogen and oxygen atoms in total. The lowest BCUT2D eigenvalue weighted by Gasteiger charge is -2.13. The van der Waals surface area contributed by atoms with Crippen LogP contribution in [0.15, 0.2) is 138 Å². The summed E-state index contributed by atoms with van der Waals surface area (Å²) in [5, 5.41) is 4.69. The van der Waals surface area contributed by atoms with Crippen molar-refractivity contribution in [2.45, 2.75) is 0 Å². The molecule has 0 spiro atoms. The van der Waals surface area contributed by atoms with Crippen LogP contribution in [0, 0.1) is 0 Å². The molecule has 38 heavy (non-hydrogen) atoms. The Bertz CT molecular complexity index is 2080. The molecule has 8 rings (SSSR count). The maximum atomic E-state index is 6.41. The van der Waals surface area contributed by atoms with E-state index in [1.54, 1.807) is 0 Å². The third kappa shape index (κ3) is 3.12. The Hall–Kier alpha value is -5.15. The zero-order valence-electron chi connectivity index (χ0n) is 20.5. The molecule has 0 amide bonds. The normalized spacial score (nSPS) is 11.7. The smallest absolute Gasteiger partial charge is 0.144 e. The summed E-state index contributed by atoms with van der Waals surface area (Å²) in [5.74, 6) is 0. The highest BCUT2D eigenvalue weighted by Crippen LogP contribution is 2.38. The second-order valence-electron chi connectivity index (χ2n) is 9.61. The Labute approximate surface area is 219 Å². The van der Waals surface area contributed by atoms with Crippen molar-refractivity contribution in [1.82, 2.24) is 9.55 Å². The molecule has 3 heteroatoms. The predicted octanol–water partition coefficient (Wildman–Crippen LogP) is 9.41. The van der Waals surface area contributed by atoms with Gasteiger partial charge in [-0.2, -0.15) is 0 Å². The molecular weight excluding hydrogens is 464 g/mol. The van der Waals surface area contributed by atoms with Gasteiger partial charge < -0.3 is 8.98 Å². The van der Waals surface area contributed by atoms with E-state index in [1.165, 1.54) is 21.8 Å². The van der Waals surface area contributed by atoms with Crippen LogP contribution in [0.25, 0.3) is 71.9 Å². The van der Waals surface area contributed by atoms with Crippen molar-refractivity contribution >= 4 is 43.7 Å². The Morgan fingerprint density at radius 1 is 0.500 bits per heavy atom. The van der Waals surface area contributed by atoms with Gasteiger partial charge in [0.1, 0.15) is 11.2 Å². The molecule has 3 heterocycles. The van der Waals surface area contributed by atoms with Crippen molar-refractivity contribution in [3.8, 4) is 28.2 Å². The third-order valence-corrected chi connectivity index (χ3v) is 7.40. The van der Waals surface area contributed by atoms with Crippen LogP contribution >= 0.6 is 0 Å². The molecule has 0 unspecified atom stereocenters. The minimum Gasteiger partial charge on any atom is -0.455 e. The average Bonchev–Trinajstić information content (AvgIpc) is 3.53. The van der Waals surface area contributed by atoms with E-state index >= 15 is 0 Å². The van der Waals surface area contributed by atoms with Gasteiger partial charge in [0.15, 0.2) is 0 Å². The summed E-state index contributed by atoms with van der Waals surface area (Å²) < 4.78 is 8.76. The van der Waals surface area contributed by atoms with Crippen molar-refractivity contribution in [3.05, 3.63) is 133 Å². The Morgan fingerprint density at radius 3 is 1.87 bits per heavy atom. The van der Waals surface area contributed by atoms with Gasteiger partial charge in [-0.1, -0.05) is 97.1 Å². The zero-order valence-corrected chi connectivity index (χ0v) is 20.5. The molecule has 0 aliphatic heterocycles. The summed E-state index contributed by atoms with van der Waals surface area (Å²) in [4.78, 5) is 5.19. The fourth-order valence-corrected chi connectivity index (χ4v) is 5.69. The van der Waals surface area contributed by atoms with Gasteiger partial charge >= 0.3 is 0 Å². The SMILES string of the molecule is c1ccc(-c2cc(-n3c4ccccc4c4ccccc43)cc(-c3cccc4c3oc3ccccc34)n2)cc1. The minimum absolute atomic E-state index is 0.861. The molecule has 0 aliphatic carbocycles. The second kappa shape index (κ2) is 8.19. The average molecular weight is 487 g/mol. The van der Waals surface area contributed by atoms with Gasteiger partial charge in [0, 0.05) is 32.7 Å². The summed E-state index contributed by atoms with van der Waals surface area (Å²) >= 11 is 0. The number of para-hydroxylation sites is 4. The van der Waals surface area contributed by atoms with E-state index in [1.807, 2.05) is 18.2 Å². The van der Waals surface area contributed by atoms with Crippen LogP contribution in [-0.4, -0.2) is 9.55 Å². The van der Waals surface area contributed by atoms with Crippen LogP contribution in [0.4, 0.5) is 0 Å². The first-order chi connectivity index (χ1) is 18.8. The lowest BCUT2D eigenvalue weighted by molar-refractivity contribution is 0.670. The summed E-state index contributed by atoms with van der Waals surface area (Å²) in [6.07, 6.45) is 0. The quantitative estimate of drug-likeness (QED) is 0.249. The van der Waals surface area contributed by atoms with Gasteiger partial charge in [-0.05, 0) is 36.4 Å². The van der Waals surface area contributed by atoms with E-state index in [0.717, 1.165) is 50.1 Å². The van der Waals surface area contributed by atoms with Gasteiger partial charge in [0.25, 0.3) is 0 Å². The van der Waals surface area contributed by atoms with Crippen LogP contribution in [0.2, 0.25) is 0 Å². The van der Waals surface area contributed by atoms with Crippen LogP contribution in [0.3, 0.4) is 0 Å². The molecular formula is C35H22N2O. The zero-order chi connectivity index (χ0) is 25.1. The van der Waals surface area contributed by atoms with Crippen LogP contribution in [0.5, 0.6) is 0 Å². The third-order valence-electron chi connectivity index (χ3n) is 7.40. The van der Waals surface area contributed by atoms with Gasteiger partial charge in [-0.25, -0.2) is 4.98 Å². The first-order valence-electron chi connectivity index (χ1n) is 12.8. The lowest BCUT2D eigenvalue weighted by Crippen LogP contribution is -1.98. The van der Waals surface area contributed by atoms with Crippen LogP contribution in [-0.2, 0) is 0 Å². The highest BCUT2D eigenvalue weighted by Gasteiger charge is 2.17. The lowest BCUT2D eigenvalue weighted by atomic mass is 10.0. The van der Waals surface area contributed by atoms with Gasteiger partial charge in [-0.15, -0.1) is 0 Å². The molecule has 8 aromatic rings. The molecule has 3 aromatic heterocycles. The molecule has 0 radical (unpaired) electrons. The molecule has 0 saturated carbocycles. The topological polar surface area (TPSA) is 31.0 Å². The number of furan rings is 1. The van der Waals surface area contributed by atoms with Gasteiger partial charge in [0.2, 0.25) is 0 Å². The largest absolute Gasteiger partial charge is 0.455 e. The Morgan fingerprint density at radius 2 is 1.11 bits per heavy atom. The van der Waals surface area contributed by atoms with Gasteiger partial charge in [0.05, 0.1) is 28.1 Å². The van der Waals surface area contributed by atoms with Crippen molar-refractivity contribution in [1.29, 1.82) is 0 Å². The number of fused-ring (bicyclic) bond motifs is 6. The van der Waals surface area contributed by atoms with Crippen molar-refractivity contribution in [2.24, 2.45) is 0 Å². The number of benzene rings is 5. The Balaban J connectivity index is 1.47. The maximum Gasteiger partial charge on any atom is 0.144 e. The first-order valence-corrected chi connectivity index (χ1v) is 12.8. The predicted molar refractivity (Wildman–Crippen MR) is 157 cm³/mol. The summed E-state index contributed by atoms with van der Waals surface area (Å²) in [6, 6.07) is 46.5. The molecule has 5 aromatic carbocycles. The number of hydrogen-bond acceptors (Lipinski definition) is 2. The second-order valence-corrected chi connectivity index (χ2v) is 9.61. The standard InChI is InChI=1S/C35H22N2O/c1-2-11-23(12-3-1)30-21-24(37-32-18-7-4-13-25(32)26-14-5-8-19-33(26)37)22-31(36-30)29-17-10-16-28-27-15-6-9-20-34(27)38-35(28)29/h1-22H. The Kier molecular flexibility index (Phi) is 4.52. The number of aromatic nitrogens is 2. The highest BCUT2D eigenvalue weighted by atomic mass is 16.3. The van der Waals surface area contributed by atoms with Crippen molar-refractivity contribution in [3.63, 3.8) is 0 Å². The van der Waals surface area contributed by atoms with Gasteiger partial charge in [-0.3, -0.25) is 0 Å². The van der Waals surface area contributed by atoms with E-state index in [2.05, 4.69) is 120 Å². The summed E-state index contributed by atoms with van der Waals surface area (Å²) in [5.41, 5.74) is 9.03. The molecule has 0 bridgehead atoms. The van der Waals surface area contributed by atoms with E-state index in [-0.39, 0.29) is 0 Å². The fraction of sp³-hybridized carbons (Fsp3) is 0.